The average molecular weight is 396 g/mol. The minimum absolute atomic E-state index is 0. The van der Waals surface area contributed by atoms with Crippen LogP contribution in [0.5, 0.6) is 0 Å². The molecule has 0 unspecified atom stereocenters. The van der Waals surface area contributed by atoms with E-state index in [2.05, 4.69) is 79.2 Å². The molecule has 0 fully saturated rings. The van der Waals surface area contributed by atoms with Gasteiger partial charge in [-0.25, -0.2) is 0 Å². The fourth-order valence-corrected chi connectivity index (χ4v) is 1.67. The molecule has 1 radical (unpaired) electrons. The molecule has 1 aromatic rings. The van der Waals surface area contributed by atoms with Crippen LogP contribution in [-0.2, 0) is 21.1 Å². The van der Waals surface area contributed by atoms with Crippen LogP contribution in [0.25, 0.3) is 22.8 Å². The van der Waals surface area contributed by atoms with E-state index < -0.39 is 0 Å². The van der Waals surface area contributed by atoms with E-state index in [4.69, 9.17) is 0 Å². The maximum atomic E-state index is 3.50. The number of rotatable bonds is 2. The molecule has 1 aromatic carbocycles. The first-order chi connectivity index (χ1) is 10.4. The van der Waals surface area contributed by atoms with Gasteiger partial charge < -0.3 is 16.0 Å². The van der Waals surface area contributed by atoms with Crippen molar-refractivity contribution in [3.8, 4) is 0 Å². The van der Waals surface area contributed by atoms with E-state index >= 15 is 0 Å². The van der Waals surface area contributed by atoms with Crippen molar-refractivity contribution in [2.24, 2.45) is 0 Å². The van der Waals surface area contributed by atoms with Gasteiger partial charge in [0.05, 0.1) is 0 Å². The molecular formula is C19H30MoN3. The number of nitrogens with one attached hydrogen (secondary N) is 1. The van der Waals surface area contributed by atoms with Gasteiger partial charge in [-0.05, 0) is 27.3 Å². The minimum atomic E-state index is 0. The van der Waals surface area contributed by atoms with Crippen LogP contribution in [0.2, 0.25) is 0 Å². The Morgan fingerprint density at radius 3 is 2.04 bits per heavy atom. The predicted molar refractivity (Wildman–Crippen MR) is 99.8 cm³/mol. The Bertz CT molecular complexity index is 518. The van der Waals surface area contributed by atoms with Crippen molar-refractivity contribution in [2.75, 3.05) is 34.7 Å². The van der Waals surface area contributed by atoms with Crippen molar-refractivity contribution < 1.29 is 21.1 Å². The van der Waals surface area contributed by atoms with Gasteiger partial charge in [0, 0.05) is 5.54 Å². The molecule has 0 amide bonds. The number of nitrogens with zero attached hydrogens (tertiary/aromatic N) is 2. The maximum Gasteiger partial charge on any atom is 3.00 e. The summed E-state index contributed by atoms with van der Waals surface area (Å²) in [6, 6.07) is 8.34. The van der Waals surface area contributed by atoms with Crippen LogP contribution in [0.3, 0.4) is 0 Å². The second-order valence-corrected chi connectivity index (χ2v) is 6.04. The van der Waals surface area contributed by atoms with E-state index in [1.54, 1.807) is 28.2 Å². The predicted octanol–water partition coefficient (Wildman–Crippen LogP) is 2.69. The summed E-state index contributed by atoms with van der Waals surface area (Å²) in [6.07, 6.45) is 7.75. The van der Waals surface area contributed by atoms with Crippen LogP contribution in [0.1, 0.15) is 20.8 Å². The summed E-state index contributed by atoms with van der Waals surface area (Å²) in [4.78, 5) is 0. The van der Waals surface area contributed by atoms with Crippen molar-refractivity contribution in [2.45, 2.75) is 26.3 Å². The van der Waals surface area contributed by atoms with E-state index in [1.807, 2.05) is 0 Å². The Morgan fingerprint density at radius 1 is 1.04 bits per heavy atom. The Morgan fingerprint density at radius 2 is 1.57 bits per heavy atom. The van der Waals surface area contributed by atoms with Crippen LogP contribution < -0.4 is 15.8 Å². The largest absolute Gasteiger partial charge is 3.00 e. The van der Waals surface area contributed by atoms with Gasteiger partial charge in [0.2, 0.25) is 0 Å². The summed E-state index contributed by atoms with van der Waals surface area (Å²) >= 11 is 0. The molecule has 0 aromatic heterocycles. The molecule has 4 heteroatoms. The van der Waals surface area contributed by atoms with Crippen LogP contribution in [0, 0.1) is 0 Å². The molecule has 0 saturated heterocycles. The number of benzene rings is 1. The molecular weight excluding hydrogens is 366 g/mol. The van der Waals surface area contributed by atoms with Gasteiger partial charge in [0.1, 0.15) is 0 Å². The van der Waals surface area contributed by atoms with Gasteiger partial charge in [0.25, 0.3) is 0 Å². The van der Waals surface area contributed by atoms with Crippen molar-refractivity contribution in [1.82, 2.24) is 5.32 Å². The first-order valence-corrected chi connectivity index (χ1v) is 7.49. The molecule has 0 atom stereocenters. The summed E-state index contributed by atoms with van der Waals surface area (Å²) in [5, 5.41) is 12.9. The van der Waals surface area contributed by atoms with Gasteiger partial charge >= 0.3 is 21.1 Å². The molecule has 1 aliphatic rings. The standard InChI is InChI=1S/C15H18N.2C2H6N.Mo/c1-15(2,3)16-9-8-12-10-13-6-4-5-7-14(13)11-12;2*1-3-2;/h4-8,10,16H,9H2,1-3H3;2*1-2H3;/q3*-1;+3. The molecule has 1 N–H and O–H groups in total. The van der Waals surface area contributed by atoms with E-state index in [-0.39, 0.29) is 26.6 Å². The second-order valence-electron chi connectivity index (χ2n) is 6.04. The first-order valence-electron chi connectivity index (χ1n) is 7.49. The Labute approximate surface area is 156 Å². The Hall–Kier alpha value is -0.732. The molecule has 0 aliphatic heterocycles. The van der Waals surface area contributed by atoms with Gasteiger partial charge in [-0.3, -0.25) is 0 Å². The van der Waals surface area contributed by atoms with Crippen LogP contribution in [-0.4, -0.2) is 40.3 Å². The Kier molecular flexibility index (Phi) is 14.6. The topological polar surface area (TPSA) is 40.2 Å². The summed E-state index contributed by atoms with van der Waals surface area (Å²) in [6.45, 7) is 7.40. The van der Waals surface area contributed by atoms with E-state index in [9.17, 15) is 0 Å². The van der Waals surface area contributed by atoms with Crippen LogP contribution in [0.4, 0.5) is 0 Å². The molecule has 127 valence electrons. The van der Waals surface area contributed by atoms with Crippen molar-refractivity contribution in [1.29, 1.82) is 0 Å². The minimum Gasteiger partial charge on any atom is -0.668 e. The SMILES string of the molecule is CC(C)(C)NCC=C1[C-]=c2ccccc2=C1.C[N-]C.C[N-]C.[Mo+3]. The molecule has 23 heavy (non-hydrogen) atoms. The summed E-state index contributed by atoms with van der Waals surface area (Å²) < 4.78 is 0. The Balaban J connectivity index is 0. The zero-order valence-electron chi connectivity index (χ0n) is 15.5. The third-order valence-electron chi connectivity index (χ3n) is 2.51. The fourth-order valence-electron chi connectivity index (χ4n) is 1.67. The van der Waals surface area contributed by atoms with Gasteiger partial charge in [0.15, 0.2) is 0 Å². The average Bonchev–Trinajstić information content (AvgIpc) is 2.81. The van der Waals surface area contributed by atoms with Crippen molar-refractivity contribution >= 4 is 12.2 Å². The van der Waals surface area contributed by atoms with E-state index in [0.29, 0.717) is 0 Å². The molecule has 2 rings (SSSR count). The molecule has 3 nitrogen and oxygen atoms in total. The number of allylic oxidation sites excluding steroid dienone is 1. The molecule has 1 aliphatic carbocycles. The van der Waals surface area contributed by atoms with Gasteiger partial charge in [-0.2, -0.15) is 28.2 Å². The molecule has 0 bridgehead atoms. The molecule has 0 spiro atoms. The zero-order valence-corrected chi connectivity index (χ0v) is 17.5. The summed E-state index contributed by atoms with van der Waals surface area (Å²) in [7, 11) is 7.00. The van der Waals surface area contributed by atoms with Crippen molar-refractivity contribution in [3.05, 3.63) is 57.0 Å². The zero-order chi connectivity index (χ0) is 17.0. The number of fused-ring (bicyclic) bond motifs is 1. The van der Waals surface area contributed by atoms with Crippen LogP contribution >= 0.6 is 0 Å². The molecule has 0 saturated carbocycles. The third-order valence-corrected chi connectivity index (χ3v) is 2.51. The van der Waals surface area contributed by atoms with Crippen molar-refractivity contribution in [3.63, 3.8) is 0 Å². The monoisotopic (exact) mass is 398 g/mol. The van der Waals surface area contributed by atoms with E-state index in [1.165, 1.54) is 16.0 Å². The van der Waals surface area contributed by atoms with Gasteiger partial charge in [-0.1, -0.05) is 18.2 Å². The second kappa shape index (κ2) is 13.7. The third kappa shape index (κ3) is 12.4. The quantitative estimate of drug-likeness (QED) is 0.606. The smallest absolute Gasteiger partial charge is 0.668 e. The maximum absolute atomic E-state index is 3.50. The normalized spacial score (nSPS) is 13.3. The number of hydrogen-bond acceptors (Lipinski definition) is 1. The van der Waals surface area contributed by atoms with E-state index in [0.717, 1.165) is 6.54 Å². The number of hydrogen-bond donors (Lipinski definition) is 1. The van der Waals surface area contributed by atoms with Gasteiger partial charge in [-0.15, -0.1) is 40.3 Å². The summed E-state index contributed by atoms with van der Waals surface area (Å²) in [5.41, 5.74) is 1.35. The first kappa shape index (κ1) is 24.5. The molecule has 0 heterocycles. The summed E-state index contributed by atoms with van der Waals surface area (Å²) in [5.74, 6) is 0. The fraction of sp³-hybridized carbons (Fsp3) is 0.474. The van der Waals surface area contributed by atoms with Crippen LogP contribution in [0.15, 0.2) is 35.9 Å².